The molecule has 0 spiro atoms. The van der Waals surface area contributed by atoms with Gasteiger partial charge in [-0.15, -0.1) is 0 Å². The van der Waals surface area contributed by atoms with E-state index in [-0.39, 0.29) is 5.92 Å². The van der Waals surface area contributed by atoms with E-state index in [1.165, 1.54) is 0 Å². The second-order valence-corrected chi connectivity index (χ2v) is 9.64. The summed E-state index contributed by atoms with van der Waals surface area (Å²) in [5.41, 5.74) is 5.94. The van der Waals surface area contributed by atoms with Gasteiger partial charge in [-0.25, -0.2) is 0 Å². The Hall–Kier alpha value is -3.12. The molecule has 3 heteroatoms. The van der Waals surface area contributed by atoms with E-state index in [2.05, 4.69) is 77.1 Å². The largest absolute Gasteiger partial charge is 0.456 e. The molecule has 0 saturated heterocycles. The zero-order valence-electron chi connectivity index (χ0n) is 22.9. The van der Waals surface area contributed by atoms with E-state index in [1.807, 2.05) is 44.3 Å². The van der Waals surface area contributed by atoms with Gasteiger partial charge in [0.2, 0.25) is 0 Å². The standard InChI is InChI=1S/C32H42N2O/c1-10-13-14-15-27-16-17-30(31(20-27)35-29-18-24(7)34-25(8)19-29)32(23(6)11-2)33-21-28(12-3)26(9)22(4)5/h12,16-23,26H,3,10-11,13H2,1-2,4-9H3/b28-21+,33-32?. The van der Waals surface area contributed by atoms with Crippen LogP contribution in [0.1, 0.15) is 83.3 Å². The van der Waals surface area contributed by atoms with Crippen LogP contribution < -0.4 is 4.74 Å². The normalized spacial score (nSPS) is 13.7. The van der Waals surface area contributed by atoms with Crippen molar-refractivity contribution in [1.82, 2.24) is 4.98 Å². The third-order valence-electron chi connectivity index (χ3n) is 6.34. The maximum atomic E-state index is 6.48. The van der Waals surface area contributed by atoms with Gasteiger partial charge in [-0.05, 0) is 68.2 Å². The summed E-state index contributed by atoms with van der Waals surface area (Å²) in [6.07, 6.45) is 6.80. The van der Waals surface area contributed by atoms with E-state index in [9.17, 15) is 0 Å². The Morgan fingerprint density at radius 3 is 2.34 bits per heavy atom. The van der Waals surface area contributed by atoms with Crippen molar-refractivity contribution in [3.63, 3.8) is 0 Å². The molecule has 0 fully saturated rings. The van der Waals surface area contributed by atoms with Gasteiger partial charge in [0.05, 0.1) is 5.71 Å². The third-order valence-corrected chi connectivity index (χ3v) is 6.34. The summed E-state index contributed by atoms with van der Waals surface area (Å²) < 4.78 is 6.48. The molecule has 2 atom stereocenters. The van der Waals surface area contributed by atoms with Crippen molar-refractivity contribution in [2.75, 3.05) is 0 Å². The van der Waals surface area contributed by atoms with Crippen LogP contribution in [0.2, 0.25) is 0 Å². The molecule has 0 aliphatic rings. The van der Waals surface area contributed by atoms with E-state index in [4.69, 9.17) is 9.73 Å². The number of aryl methyl sites for hydroxylation is 2. The monoisotopic (exact) mass is 470 g/mol. The highest BCUT2D eigenvalue weighted by atomic mass is 16.5. The molecule has 0 N–H and O–H groups in total. The summed E-state index contributed by atoms with van der Waals surface area (Å²) in [4.78, 5) is 9.52. The average Bonchev–Trinajstić information content (AvgIpc) is 2.81. The predicted octanol–water partition coefficient (Wildman–Crippen LogP) is 8.84. The number of pyridine rings is 1. The number of aliphatic imine (C=N–C) groups is 1. The second kappa shape index (κ2) is 13.7. The Labute approximate surface area is 213 Å². The Morgan fingerprint density at radius 2 is 1.77 bits per heavy atom. The fourth-order valence-corrected chi connectivity index (χ4v) is 3.71. The third kappa shape index (κ3) is 8.25. The van der Waals surface area contributed by atoms with Gasteiger partial charge < -0.3 is 4.74 Å². The second-order valence-electron chi connectivity index (χ2n) is 9.64. The number of hydrogen-bond donors (Lipinski definition) is 0. The van der Waals surface area contributed by atoms with Crippen LogP contribution in [-0.4, -0.2) is 10.7 Å². The highest BCUT2D eigenvalue weighted by Crippen LogP contribution is 2.31. The first-order chi connectivity index (χ1) is 16.7. The topological polar surface area (TPSA) is 34.5 Å². The number of hydrogen-bond acceptors (Lipinski definition) is 3. The summed E-state index contributed by atoms with van der Waals surface area (Å²) in [5.74, 6) is 9.22. The number of nitrogens with zero attached hydrogens (tertiary/aromatic N) is 2. The number of ether oxygens (including phenoxy) is 1. The molecule has 1 aromatic carbocycles. The maximum absolute atomic E-state index is 6.48. The van der Waals surface area contributed by atoms with Crippen LogP contribution in [0.25, 0.3) is 0 Å². The molecule has 0 aliphatic heterocycles. The van der Waals surface area contributed by atoms with Gasteiger partial charge in [0.25, 0.3) is 0 Å². The number of benzene rings is 1. The summed E-state index contributed by atoms with van der Waals surface area (Å²) in [6.45, 7) is 21.2. The Morgan fingerprint density at radius 1 is 1.09 bits per heavy atom. The lowest BCUT2D eigenvalue weighted by atomic mass is 9.90. The molecule has 0 amide bonds. The summed E-state index contributed by atoms with van der Waals surface area (Å²) >= 11 is 0. The van der Waals surface area contributed by atoms with Gasteiger partial charge >= 0.3 is 0 Å². The van der Waals surface area contributed by atoms with Crippen LogP contribution >= 0.6 is 0 Å². The molecule has 0 bridgehead atoms. The van der Waals surface area contributed by atoms with Gasteiger partial charge in [0.1, 0.15) is 11.5 Å². The van der Waals surface area contributed by atoms with E-state index in [0.29, 0.717) is 11.8 Å². The zero-order valence-corrected chi connectivity index (χ0v) is 22.9. The number of rotatable bonds is 10. The first kappa shape index (κ1) is 28.1. The molecule has 35 heavy (non-hydrogen) atoms. The van der Waals surface area contributed by atoms with Crippen LogP contribution in [0.15, 0.2) is 59.8 Å². The highest BCUT2D eigenvalue weighted by Gasteiger charge is 2.18. The molecule has 0 radical (unpaired) electrons. The van der Waals surface area contributed by atoms with Crippen LogP contribution in [0, 0.1) is 43.4 Å². The molecule has 2 rings (SSSR count). The van der Waals surface area contributed by atoms with Gasteiger partial charge in [-0.3, -0.25) is 9.98 Å². The summed E-state index contributed by atoms with van der Waals surface area (Å²) in [7, 11) is 0. The number of aromatic nitrogens is 1. The molecule has 186 valence electrons. The Balaban J connectivity index is 2.67. The highest BCUT2D eigenvalue weighted by molar-refractivity contribution is 6.04. The van der Waals surface area contributed by atoms with Crippen LogP contribution in [0.5, 0.6) is 11.5 Å². The Bertz CT molecular complexity index is 1110. The van der Waals surface area contributed by atoms with Crippen molar-refractivity contribution < 1.29 is 4.74 Å². The van der Waals surface area contributed by atoms with Gasteiger partial charge in [0, 0.05) is 47.3 Å². The smallest absolute Gasteiger partial charge is 0.137 e. The van der Waals surface area contributed by atoms with Gasteiger partial charge in [-0.1, -0.05) is 66.0 Å². The van der Waals surface area contributed by atoms with Crippen molar-refractivity contribution in [2.24, 2.45) is 22.7 Å². The van der Waals surface area contributed by atoms with E-state index in [0.717, 1.165) is 64.6 Å². The van der Waals surface area contributed by atoms with Crippen molar-refractivity contribution in [3.05, 3.63) is 77.3 Å². The lowest BCUT2D eigenvalue weighted by molar-refractivity contribution is 0.479. The zero-order chi connectivity index (χ0) is 26.0. The first-order valence-corrected chi connectivity index (χ1v) is 12.9. The minimum absolute atomic E-state index is 0.256. The SMILES string of the molecule is C=C/C(=C\N=C(c1ccc(C#CCCC)cc1Oc1cc(C)nc(C)c1)C(C)CC)C(C)C(C)C. The lowest BCUT2D eigenvalue weighted by Gasteiger charge is -2.19. The molecule has 3 nitrogen and oxygen atoms in total. The fourth-order valence-electron chi connectivity index (χ4n) is 3.71. The lowest BCUT2D eigenvalue weighted by Crippen LogP contribution is -2.13. The molecule has 0 saturated carbocycles. The molecule has 2 unspecified atom stereocenters. The first-order valence-electron chi connectivity index (χ1n) is 12.9. The van der Waals surface area contributed by atoms with Crippen LogP contribution in [0.3, 0.4) is 0 Å². The summed E-state index contributed by atoms with van der Waals surface area (Å²) in [5, 5.41) is 0. The number of allylic oxidation sites excluding steroid dienone is 2. The molecule has 1 heterocycles. The average molecular weight is 471 g/mol. The molecule has 1 aromatic heterocycles. The van der Waals surface area contributed by atoms with Crippen LogP contribution in [0.4, 0.5) is 0 Å². The fraction of sp³-hybridized carbons (Fsp3) is 0.438. The maximum Gasteiger partial charge on any atom is 0.137 e. The quantitative estimate of drug-likeness (QED) is 0.197. The Kier molecular flexibility index (Phi) is 11.0. The van der Waals surface area contributed by atoms with Crippen molar-refractivity contribution in [2.45, 2.75) is 74.7 Å². The van der Waals surface area contributed by atoms with Crippen molar-refractivity contribution in [3.8, 4) is 23.3 Å². The van der Waals surface area contributed by atoms with Crippen molar-refractivity contribution in [1.29, 1.82) is 0 Å². The minimum atomic E-state index is 0.256. The van der Waals surface area contributed by atoms with E-state index < -0.39 is 0 Å². The molecular weight excluding hydrogens is 428 g/mol. The minimum Gasteiger partial charge on any atom is -0.456 e. The number of unbranched alkanes of at least 4 members (excludes halogenated alkanes) is 1. The van der Waals surface area contributed by atoms with Crippen molar-refractivity contribution >= 4 is 5.71 Å². The van der Waals surface area contributed by atoms with Gasteiger partial charge in [0.15, 0.2) is 0 Å². The van der Waals surface area contributed by atoms with E-state index in [1.54, 1.807) is 0 Å². The summed E-state index contributed by atoms with van der Waals surface area (Å²) in [6, 6.07) is 10.1. The molecular formula is C32H42N2O. The van der Waals surface area contributed by atoms with Gasteiger partial charge in [-0.2, -0.15) is 0 Å². The predicted molar refractivity (Wildman–Crippen MR) is 150 cm³/mol. The van der Waals surface area contributed by atoms with Crippen LogP contribution in [-0.2, 0) is 0 Å². The van der Waals surface area contributed by atoms with E-state index >= 15 is 0 Å². The molecule has 2 aromatic rings. The molecule has 0 aliphatic carbocycles.